The molecule has 1 aliphatic rings. The zero-order chi connectivity index (χ0) is 21.8. The minimum absolute atomic E-state index is 0.0104. The lowest BCUT2D eigenvalue weighted by molar-refractivity contribution is -0.135. The van der Waals surface area contributed by atoms with E-state index in [1.165, 1.54) is 14.2 Å². The monoisotopic (exact) mass is 414 g/mol. The van der Waals surface area contributed by atoms with Crippen molar-refractivity contribution >= 4 is 23.4 Å². The smallest absolute Gasteiger partial charge is 0.322 e. The van der Waals surface area contributed by atoms with E-state index in [0.717, 1.165) is 5.56 Å². The molecule has 156 valence electrons. The van der Waals surface area contributed by atoms with Gasteiger partial charge in [-0.05, 0) is 6.07 Å². The number of hydrogen-bond acceptors (Lipinski definition) is 9. The molecule has 0 amide bonds. The lowest BCUT2D eigenvalue weighted by Crippen LogP contribution is -2.20. The number of benzene rings is 1. The number of hydrogen-bond donors (Lipinski definition) is 4. The first kappa shape index (κ1) is 20.5. The number of ether oxygens (including phenoxy) is 3. The largest absolute Gasteiger partial charge is 0.493 e. The fraction of sp³-hybridized carbons (Fsp3) is 0.263. The first-order chi connectivity index (χ1) is 14.4. The molecule has 1 aromatic carbocycles. The molecule has 2 aromatic rings. The summed E-state index contributed by atoms with van der Waals surface area (Å²) >= 11 is 0. The van der Waals surface area contributed by atoms with Crippen LogP contribution in [0.15, 0.2) is 12.1 Å². The molecule has 11 nitrogen and oxygen atoms in total. The number of nitrogens with one attached hydrogen (secondary N) is 2. The van der Waals surface area contributed by atoms with Crippen molar-refractivity contribution in [2.45, 2.75) is 6.42 Å². The fourth-order valence-electron chi connectivity index (χ4n) is 3.03. The van der Waals surface area contributed by atoms with Crippen molar-refractivity contribution in [2.75, 3.05) is 37.9 Å². The van der Waals surface area contributed by atoms with E-state index in [0.29, 0.717) is 22.8 Å². The molecule has 0 unspecified atom stereocenters. The van der Waals surface area contributed by atoms with E-state index in [-0.39, 0.29) is 29.4 Å². The number of fused-ring (bicyclic) bond motifs is 2. The van der Waals surface area contributed by atoms with Crippen LogP contribution in [0.4, 0.5) is 11.5 Å². The predicted molar refractivity (Wildman–Crippen MR) is 104 cm³/mol. The van der Waals surface area contributed by atoms with Crippen LogP contribution in [-0.4, -0.2) is 54.4 Å². The highest BCUT2D eigenvalue weighted by Gasteiger charge is 2.28. The average molecular weight is 414 g/mol. The van der Waals surface area contributed by atoms with Gasteiger partial charge >= 0.3 is 11.9 Å². The van der Waals surface area contributed by atoms with Crippen LogP contribution in [0.25, 0.3) is 0 Å². The van der Waals surface area contributed by atoms with Crippen LogP contribution in [0, 0.1) is 11.3 Å². The van der Waals surface area contributed by atoms with Gasteiger partial charge in [0.05, 0.1) is 19.9 Å². The van der Waals surface area contributed by atoms with E-state index in [1.807, 2.05) is 6.07 Å². The molecule has 2 heterocycles. The molecule has 11 heteroatoms. The number of carboxylic acid groups (broad SMARTS) is 2. The summed E-state index contributed by atoms with van der Waals surface area (Å²) in [5, 5.41) is 32.9. The minimum Gasteiger partial charge on any atom is -0.493 e. The third-order valence-corrected chi connectivity index (χ3v) is 4.34. The van der Waals surface area contributed by atoms with Gasteiger partial charge in [0.25, 0.3) is 0 Å². The molecule has 0 spiro atoms. The Morgan fingerprint density at radius 1 is 1.17 bits per heavy atom. The maximum absolute atomic E-state index is 11.1. The molecule has 4 N–H and O–H groups in total. The lowest BCUT2D eigenvalue weighted by atomic mass is 9.98. The van der Waals surface area contributed by atoms with Crippen LogP contribution in [-0.2, 0) is 16.0 Å². The molecule has 3 rings (SSSR count). The summed E-state index contributed by atoms with van der Waals surface area (Å²) in [6.07, 6.45) is 0.272. The Labute approximate surface area is 170 Å². The normalized spacial score (nSPS) is 11.2. The van der Waals surface area contributed by atoms with Crippen LogP contribution in [0.2, 0.25) is 0 Å². The van der Waals surface area contributed by atoms with Gasteiger partial charge in [0.15, 0.2) is 17.3 Å². The molecular weight excluding hydrogens is 396 g/mol. The van der Waals surface area contributed by atoms with Gasteiger partial charge in [-0.25, -0.2) is 0 Å². The first-order valence-electron chi connectivity index (χ1n) is 8.69. The van der Waals surface area contributed by atoms with Gasteiger partial charge in [-0.2, -0.15) is 10.2 Å². The number of carboxylic acids is 2. The zero-order valence-electron chi connectivity index (χ0n) is 16.1. The minimum atomic E-state index is -1.15. The number of pyridine rings is 1. The fourth-order valence-corrected chi connectivity index (χ4v) is 3.03. The second-order valence-corrected chi connectivity index (χ2v) is 6.19. The number of rotatable bonds is 8. The Kier molecular flexibility index (Phi) is 5.78. The standard InChI is InChI=1S/C19H18N4O7/c1-28-13-4-9-3-10-17(21-7-15(24)25)11(6-20)18(22-8-16(26)27)23-19(10)30-12(9)5-14(13)29-2/h4-5H,3,7-8H2,1-2H3,(H,24,25)(H,26,27)(H2,21,22,23). The number of carbonyl (C=O) groups is 2. The van der Waals surface area contributed by atoms with E-state index in [9.17, 15) is 14.9 Å². The molecule has 0 saturated carbocycles. The van der Waals surface area contributed by atoms with Crippen LogP contribution in [0.3, 0.4) is 0 Å². The van der Waals surface area contributed by atoms with Gasteiger partial charge in [0, 0.05) is 23.6 Å². The molecular formula is C19H18N4O7. The number of nitrogens with zero attached hydrogens (tertiary/aromatic N) is 2. The molecule has 30 heavy (non-hydrogen) atoms. The molecule has 0 aliphatic carbocycles. The summed E-state index contributed by atoms with van der Waals surface area (Å²) in [5.41, 5.74) is 1.38. The van der Waals surface area contributed by atoms with Gasteiger partial charge in [-0.15, -0.1) is 0 Å². The summed E-state index contributed by atoms with van der Waals surface area (Å²) in [6, 6.07) is 5.31. The SMILES string of the molecule is COc1cc2c(cc1OC)Oc1nc(NCC(=O)O)c(C#N)c(NCC(=O)O)c1C2. The lowest BCUT2D eigenvalue weighted by Gasteiger charge is -2.25. The van der Waals surface area contributed by atoms with Crippen molar-refractivity contribution in [3.63, 3.8) is 0 Å². The number of methoxy groups -OCH3 is 2. The third-order valence-electron chi connectivity index (χ3n) is 4.34. The van der Waals surface area contributed by atoms with Crippen LogP contribution >= 0.6 is 0 Å². The Balaban J connectivity index is 2.12. The van der Waals surface area contributed by atoms with Crippen LogP contribution in [0.1, 0.15) is 16.7 Å². The Morgan fingerprint density at radius 2 is 1.80 bits per heavy atom. The van der Waals surface area contributed by atoms with Crippen molar-refractivity contribution < 1.29 is 34.0 Å². The maximum atomic E-state index is 11.1. The predicted octanol–water partition coefficient (Wildman–Crippen LogP) is 1.66. The Bertz CT molecular complexity index is 1060. The van der Waals surface area contributed by atoms with E-state index in [4.69, 9.17) is 24.4 Å². The topological polar surface area (TPSA) is 163 Å². The van der Waals surface area contributed by atoms with Gasteiger partial charge in [-0.3, -0.25) is 9.59 Å². The van der Waals surface area contributed by atoms with Crippen molar-refractivity contribution in [2.24, 2.45) is 0 Å². The molecule has 0 saturated heterocycles. The Hall–Kier alpha value is -4.20. The van der Waals surface area contributed by atoms with Crippen molar-refractivity contribution in [1.29, 1.82) is 5.26 Å². The Morgan fingerprint density at radius 3 is 2.40 bits per heavy atom. The van der Waals surface area contributed by atoms with Crippen molar-refractivity contribution in [1.82, 2.24) is 4.98 Å². The summed E-state index contributed by atoms with van der Waals surface area (Å²) in [7, 11) is 2.98. The highest BCUT2D eigenvalue weighted by molar-refractivity contribution is 5.81. The summed E-state index contributed by atoms with van der Waals surface area (Å²) in [6.45, 7) is -0.942. The summed E-state index contributed by atoms with van der Waals surface area (Å²) in [4.78, 5) is 26.3. The van der Waals surface area contributed by atoms with E-state index < -0.39 is 25.0 Å². The number of nitriles is 1. The second kappa shape index (κ2) is 8.44. The van der Waals surface area contributed by atoms with E-state index in [1.54, 1.807) is 12.1 Å². The molecule has 1 aromatic heterocycles. The third kappa shape index (κ3) is 3.97. The highest BCUT2D eigenvalue weighted by atomic mass is 16.5. The van der Waals surface area contributed by atoms with Crippen LogP contribution < -0.4 is 24.8 Å². The second-order valence-electron chi connectivity index (χ2n) is 6.19. The summed E-state index contributed by atoms with van der Waals surface area (Å²) in [5.74, 6) is -0.816. The van der Waals surface area contributed by atoms with Gasteiger partial charge in [0.2, 0.25) is 5.88 Å². The molecule has 0 atom stereocenters. The highest BCUT2D eigenvalue weighted by Crippen LogP contribution is 2.45. The van der Waals surface area contributed by atoms with Gasteiger partial charge in [0.1, 0.15) is 30.5 Å². The van der Waals surface area contributed by atoms with Crippen molar-refractivity contribution in [3.05, 3.63) is 28.8 Å². The average Bonchev–Trinajstić information content (AvgIpc) is 2.72. The van der Waals surface area contributed by atoms with Gasteiger partial charge < -0.3 is 35.1 Å². The van der Waals surface area contributed by atoms with Gasteiger partial charge in [-0.1, -0.05) is 0 Å². The molecule has 0 radical (unpaired) electrons. The first-order valence-corrected chi connectivity index (χ1v) is 8.69. The summed E-state index contributed by atoms with van der Waals surface area (Å²) < 4.78 is 16.5. The quantitative estimate of drug-likeness (QED) is 0.424. The molecule has 0 bridgehead atoms. The van der Waals surface area contributed by atoms with Crippen molar-refractivity contribution in [3.8, 4) is 29.2 Å². The van der Waals surface area contributed by atoms with E-state index >= 15 is 0 Å². The maximum Gasteiger partial charge on any atom is 0.322 e. The number of aliphatic carboxylic acids is 2. The van der Waals surface area contributed by atoms with Crippen LogP contribution in [0.5, 0.6) is 23.1 Å². The van der Waals surface area contributed by atoms with E-state index in [2.05, 4.69) is 15.6 Å². The molecule has 1 aliphatic heterocycles. The zero-order valence-corrected chi connectivity index (χ0v) is 16.1. The number of anilines is 2. The molecule has 0 fully saturated rings. The number of aromatic nitrogens is 1.